The second-order valence-electron chi connectivity index (χ2n) is 8.63. The van der Waals surface area contributed by atoms with Crippen LogP contribution in [0.2, 0.25) is 0 Å². The summed E-state index contributed by atoms with van der Waals surface area (Å²) in [6, 6.07) is 18.2. The van der Waals surface area contributed by atoms with E-state index in [4.69, 9.17) is 4.74 Å². The fourth-order valence-corrected chi connectivity index (χ4v) is 4.20. The lowest BCUT2D eigenvalue weighted by atomic mass is 10.1. The molecule has 2 heterocycles. The SMILES string of the molecule is CCNc1ncc2c(n1)N(C)CCN(Cc1ccccc1OC(CCNC)c1ccccc1)C2=O. The van der Waals surface area contributed by atoms with Crippen LogP contribution in [0.5, 0.6) is 5.75 Å². The van der Waals surface area contributed by atoms with E-state index < -0.39 is 0 Å². The van der Waals surface area contributed by atoms with Gasteiger partial charge in [0.1, 0.15) is 23.2 Å². The molecular formula is C27H34N6O2. The van der Waals surface area contributed by atoms with Gasteiger partial charge in [-0.3, -0.25) is 4.79 Å². The first kappa shape index (κ1) is 24.5. The van der Waals surface area contributed by atoms with Crippen molar-refractivity contribution in [2.45, 2.75) is 26.0 Å². The van der Waals surface area contributed by atoms with Gasteiger partial charge < -0.3 is 25.2 Å². The van der Waals surface area contributed by atoms with Crippen molar-refractivity contribution >= 4 is 17.7 Å². The highest BCUT2D eigenvalue weighted by Crippen LogP contribution is 2.30. The van der Waals surface area contributed by atoms with Crippen LogP contribution in [0.25, 0.3) is 0 Å². The van der Waals surface area contributed by atoms with Crippen molar-refractivity contribution in [2.24, 2.45) is 0 Å². The number of aromatic nitrogens is 2. The first-order valence-electron chi connectivity index (χ1n) is 12.2. The molecule has 4 rings (SSSR count). The number of benzene rings is 2. The predicted octanol–water partition coefficient (Wildman–Crippen LogP) is 3.73. The number of rotatable bonds is 10. The van der Waals surface area contributed by atoms with Gasteiger partial charge in [-0.05, 0) is 32.1 Å². The van der Waals surface area contributed by atoms with E-state index in [-0.39, 0.29) is 12.0 Å². The van der Waals surface area contributed by atoms with E-state index in [1.807, 2.05) is 73.3 Å². The lowest BCUT2D eigenvalue weighted by molar-refractivity contribution is 0.0751. The molecule has 1 unspecified atom stereocenters. The Labute approximate surface area is 207 Å². The van der Waals surface area contributed by atoms with Gasteiger partial charge in [-0.25, -0.2) is 4.98 Å². The summed E-state index contributed by atoms with van der Waals surface area (Å²) in [5.74, 6) is 1.91. The number of anilines is 2. The molecule has 0 saturated carbocycles. The Morgan fingerprint density at radius 2 is 1.86 bits per heavy atom. The van der Waals surface area contributed by atoms with E-state index in [9.17, 15) is 4.79 Å². The van der Waals surface area contributed by atoms with Gasteiger partial charge >= 0.3 is 0 Å². The Bertz CT molecular complexity index is 1120. The van der Waals surface area contributed by atoms with Crippen molar-refractivity contribution in [1.29, 1.82) is 0 Å². The van der Waals surface area contributed by atoms with E-state index >= 15 is 0 Å². The molecular weight excluding hydrogens is 440 g/mol. The average molecular weight is 475 g/mol. The summed E-state index contributed by atoms with van der Waals surface area (Å²) >= 11 is 0. The number of hydrogen-bond acceptors (Lipinski definition) is 7. The minimum absolute atomic E-state index is 0.0722. The van der Waals surface area contributed by atoms with Crippen molar-refractivity contribution in [3.8, 4) is 5.75 Å². The van der Waals surface area contributed by atoms with Crippen LogP contribution in [-0.4, -0.2) is 61.0 Å². The number of amides is 1. The zero-order valence-corrected chi connectivity index (χ0v) is 20.7. The molecule has 1 aromatic heterocycles. The van der Waals surface area contributed by atoms with Crippen LogP contribution < -0.4 is 20.3 Å². The quantitative estimate of drug-likeness (QED) is 0.463. The number of nitrogens with one attached hydrogen (secondary N) is 2. The highest BCUT2D eigenvalue weighted by molar-refractivity contribution is 5.99. The highest BCUT2D eigenvalue weighted by atomic mass is 16.5. The van der Waals surface area contributed by atoms with Crippen LogP contribution >= 0.6 is 0 Å². The molecule has 3 aromatic rings. The van der Waals surface area contributed by atoms with Gasteiger partial charge in [-0.1, -0.05) is 48.5 Å². The van der Waals surface area contributed by atoms with Crippen molar-refractivity contribution in [2.75, 3.05) is 50.5 Å². The molecule has 1 amide bonds. The summed E-state index contributed by atoms with van der Waals surface area (Å²) in [5, 5.41) is 6.34. The molecule has 8 nitrogen and oxygen atoms in total. The number of likely N-dealkylation sites (N-methyl/N-ethyl adjacent to an activating group) is 1. The van der Waals surface area contributed by atoms with E-state index in [0.29, 0.717) is 37.0 Å². The maximum atomic E-state index is 13.5. The summed E-state index contributed by atoms with van der Waals surface area (Å²) in [6.07, 6.45) is 2.37. The molecule has 1 aliphatic rings. The summed E-state index contributed by atoms with van der Waals surface area (Å²) in [4.78, 5) is 26.3. The standard InChI is InChI=1S/C27H34N6O2/c1-4-29-27-30-18-22-25(31-27)32(3)16-17-33(26(22)34)19-21-12-8-9-13-23(21)35-24(14-15-28-2)20-10-6-5-7-11-20/h5-13,18,24,28H,4,14-17,19H2,1-3H3,(H,29,30,31). The first-order chi connectivity index (χ1) is 17.1. The second kappa shape index (κ2) is 11.7. The van der Waals surface area contributed by atoms with Crippen LogP contribution in [-0.2, 0) is 6.54 Å². The van der Waals surface area contributed by atoms with Crippen LogP contribution in [0.3, 0.4) is 0 Å². The summed E-state index contributed by atoms with van der Waals surface area (Å²) in [7, 11) is 3.91. The normalized spacial score (nSPS) is 14.3. The zero-order valence-electron chi connectivity index (χ0n) is 20.7. The van der Waals surface area contributed by atoms with Crippen LogP contribution in [0.15, 0.2) is 60.8 Å². The molecule has 0 bridgehead atoms. The van der Waals surface area contributed by atoms with Crippen molar-refractivity contribution in [3.05, 3.63) is 77.5 Å². The number of ether oxygens (including phenoxy) is 1. The smallest absolute Gasteiger partial charge is 0.259 e. The van der Waals surface area contributed by atoms with Crippen LogP contribution in [0.1, 0.15) is 40.9 Å². The number of hydrogen-bond donors (Lipinski definition) is 2. The lowest BCUT2D eigenvalue weighted by Crippen LogP contribution is -2.33. The lowest BCUT2D eigenvalue weighted by Gasteiger charge is -2.25. The molecule has 35 heavy (non-hydrogen) atoms. The summed E-state index contributed by atoms with van der Waals surface area (Å²) in [5.41, 5.74) is 2.62. The minimum atomic E-state index is -0.0885. The Morgan fingerprint density at radius 1 is 1.09 bits per heavy atom. The third-order valence-electron chi connectivity index (χ3n) is 6.12. The van der Waals surface area contributed by atoms with E-state index in [2.05, 4.69) is 32.7 Å². The average Bonchev–Trinajstić information content (AvgIpc) is 3.00. The van der Waals surface area contributed by atoms with Gasteiger partial charge in [-0.2, -0.15) is 4.98 Å². The third kappa shape index (κ3) is 5.89. The molecule has 184 valence electrons. The summed E-state index contributed by atoms with van der Waals surface area (Å²) in [6.45, 7) is 5.26. The highest BCUT2D eigenvalue weighted by Gasteiger charge is 2.28. The Kier molecular flexibility index (Phi) is 8.15. The van der Waals surface area contributed by atoms with E-state index in [1.54, 1.807) is 6.20 Å². The first-order valence-corrected chi connectivity index (χ1v) is 12.2. The van der Waals surface area contributed by atoms with Gasteiger partial charge in [0.05, 0.1) is 0 Å². The molecule has 0 spiro atoms. The van der Waals surface area contributed by atoms with Gasteiger partial charge in [0.15, 0.2) is 0 Å². The number of carbonyl (C=O) groups excluding carboxylic acids is 1. The molecule has 2 N–H and O–H groups in total. The monoisotopic (exact) mass is 474 g/mol. The van der Waals surface area contributed by atoms with Crippen LogP contribution in [0, 0.1) is 0 Å². The topological polar surface area (TPSA) is 82.6 Å². The minimum Gasteiger partial charge on any atom is -0.485 e. The van der Waals surface area contributed by atoms with Crippen molar-refractivity contribution in [1.82, 2.24) is 20.2 Å². The molecule has 0 radical (unpaired) electrons. The maximum Gasteiger partial charge on any atom is 0.259 e. The molecule has 1 aliphatic heterocycles. The molecule has 0 fully saturated rings. The van der Waals surface area contributed by atoms with Gasteiger partial charge in [0, 0.05) is 51.4 Å². The molecule has 2 aromatic carbocycles. The predicted molar refractivity (Wildman–Crippen MR) is 139 cm³/mol. The third-order valence-corrected chi connectivity index (χ3v) is 6.12. The number of carbonyl (C=O) groups is 1. The second-order valence-corrected chi connectivity index (χ2v) is 8.63. The Morgan fingerprint density at radius 3 is 2.63 bits per heavy atom. The summed E-state index contributed by atoms with van der Waals surface area (Å²) < 4.78 is 6.55. The number of para-hydroxylation sites is 1. The zero-order chi connectivity index (χ0) is 24.6. The van der Waals surface area contributed by atoms with Crippen molar-refractivity contribution in [3.63, 3.8) is 0 Å². The largest absolute Gasteiger partial charge is 0.485 e. The maximum absolute atomic E-state index is 13.5. The molecule has 8 heteroatoms. The fourth-order valence-electron chi connectivity index (χ4n) is 4.20. The molecule has 0 aliphatic carbocycles. The Balaban J connectivity index is 1.57. The number of fused-ring (bicyclic) bond motifs is 1. The van der Waals surface area contributed by atoms with Gasteiger partial charge in [0.2, 0.25) is 5.95 Å². The molecule has 0 saturated heterocycles. The van der Waals surface area contributed by atoms with Gasteiger partial charge in [-0.15, -0.1) is 0 Å². The Hall–Kier alpha value is -3.65. The van der Waals surface area contributed by atoms with Gasteiger partial charge in [0.25, 0.3) is 5.91 Å². The fraction of sp³-hybridized carbons (Fsp3) is 0.370. The van der Waals surface area contributed by atoms with E-state index in [1.165, 1.54) is 0 Å². The van der Waals surface area contributed by atoms with Crippen LogP contribution in [0.4, 0.5) is 11.8 Å². The van der Waals surface area contributed by atoms with E-state index in [0.717, 1.165) is 36.4 Å². The molecule has 1 atom stereocenters. The number of nitrogens with zero attached hydrogens (tertiary/aromatic N) is 4. The van der Waals surface area contributed by atoms with Crippen molar-refractivity contribution < 1.29 is 9.53 Å².